The van der Waals surface area contributed by atoms with Gasteiger partial charge in [0.25, 0.3) is 0 Å². The molecule has 152 valence electrons. The Bertz CT molecular complexity index is 855. The van der Waals surface area contributed by atoms with Gasteiger partial charge < -0.3 is 5.32 Å². The van der Waals surface area contributed by atoms with E-state index in [1.807, 2.05) is 61.5 Å². The Morgan fingerprint density at radius 1 is 1.00 bits per heavy atom. The number of hydrazone groups is 1. The van der Waals surface area contributed by atoms with Gasteiger partial charge in [0, 0.05) is 18.0 Å². The lowest BCUT2D eigenvalue weighted by molar-refractivity contribution is -0.121. The first-order valence-corrected chi connectivity index (χ1v) is 10.4. The van der Waals surface area contributed by atoms with Gasteiger partial charge in [0.15, 0.2) is 0 Å². The zero-order valence-electron chi connectivity index (χ0n) is 17.0. The largest absolute Gasteiger partial charge is 0.326 e. The van der Waals surface area contributed by atoms with Crippen molar-refractivity contribution in [3.8, 4) is 0 Å². The lowest BCUT2D eigenvalue weighted by Gasteiger charge is -2.20. The van der Waals surface area contributed by atoms with Crippen molar-refractivity contribution in [1.82, 2.24) is 5.43 Å². The Labute approximate surface area is 172 Å². The minimum atomic E-state index is -0.116. The molecule has 2 N–H and O–H groups in total. The molecule has 1 saturated carbocycles. The fraction of sp³-hybridized carbons (Fsp3) is 0.375. The first-order chi connectivity index (χ1) is 14.1. The monoisotopic (exact) mass is 391 g/mol. The number of carbonyl (C=O) groups excluding carboxylic acids is 2. The van der Waals surface area contributed by atoms with Crippen LogP contribution in [-0.4, -0.2) is 17.5 Å². The molecule has 2 aromatic carbocycles. The van der Waals surface area contributed by atoms with Crippen molar-refractivity contribution in [3.63, 3.8) is 0 Å². The zero-order valence-corrected chi connectivity index (χ0v) is 17.0. The highest BCUT2D eigenvalue weighted by atomic mass is 16.2. The van der Waals surface area contributed by atoms with Gasteiger partial charge in [-0.2, -0.15) is 5.10 Å². The second kappa shape index (κ2) is 10.6. The molecule has 2 aromatic rings. The lowest BCUT2D eigenvalue weighted by Crippen LogP contribution is -2.24. The van der Waals surface area contributed by atoms with Crippen LogP contribution >= 0.6 is 0 Å². The zero-order chi connectivity index (χ0) is 20.5. The molecule has 5 heteroatoms. The molecule has 0 atom stereocenters. The fourth-order valence-electron chi connectivity index (χ4n) is 3.60. The van der Waals surface area contributed by atoms with Crippen molar-refractivity contribution in [2.45, 2.75) is 51.9 Å². The molecule has 1 aliphatic rings. The van der Waals surface area contributed by atoms with Crippen LogP contribution in [0.5, 0.6) is 0 Å². The lowest BCUT2D eigenvalue weighted by atomic mass is 9.88. The highest BCUT2D eigenvalue weighted by molar-refractivity contribution is 6.01. The number of rotatable bonds is 7. The molecule has 29 heavy (non-hydrogen) atoms. The summed E-state index contributed by atoms with van der Waals surface area (Å²) in [5, 5.41) is 7.25. The van der Waals surface area contributed by atoms with Gasteiger partial charge in [0.05, 0.1) is 5.71 Å². The minimum absolute atomic E-state index is 0.102. The van der Waals surface area contributed by atoms with Crippen molar-refractivity contribution in [2.24, 2.45) is 11.0 Å². The van der Waals surface area contributed by atoms with Crippen LogP contribution in [-0.2, 0) is 16.0 Å². The molecule has 0 heterocycles. The second-order valence-electron chi connectivity index (χ2n) is 7.62. The van der Waals surface area contributed by atoms with Crippen LogP contribution in [0.2, 0.25) is 0 Å². The van der Waals surface area contributed by atoms with Crippen LogP contribution in [0.25, 0.3) is 0 Å². The van der Waals surface area contributed by atoms with Crippen LogP contribution in [0.15, 0.2) is 59.7 Å². The quantitative estimate of drug-likeness (QED) is 0.531. The summed E-state index contributed by atoms with van der Waals surface area (Å²) in [6, 6.07) is 17.5. The average Bonchev–Trinajstić information content (AvgIpc) is 2.77. The number of carbonyl (C=O) groups is 2. The molecule has 0 spiro atoms. The van der Waals surface area contributed by atoms with Gasteiger partial charge in [-0.1, -0.05) is 61.7 Å². The number of nitrogens with one attached hydrogen (secondary N) is 2. The van der Waals surface area contributed by atoms with Crippen molar-refractivity contribution < 1.29 is 9.59 Å². The van der Waals surface area contributed by atoms with Gasteiger partial charge >= 0.3 is 0 Å². The summed E-state index contributed by atoms with van der Waals surface area (Å²) in [6.45, 7) is 1.85. The normalized spacial score (nSPS) is 15.0. The maximum absolute atomic E-state index is 12.5. The standard InChI is InChI=1S/C24H29N3O2/c1-18(26-27-23(28)16-15-19-9-4-2-5-10-19)21-13-8-14-22(17-21)25-24(29)20-11-6-3-7-12-20/h2,4-5,8-10,13-14,17,20H,3,6-7,11-12,15-16H2,1H3,(H,25,29)(H,27,28)/b26-18-. The van der Waals surface area contributed by atoms with E-state index in [2.05, 4.69) is 15.8 Å². The molecule has 0 bridgehead atoms. The highest BCUT2D eigenvalue weighted by Gasteiger charge is 2.21. The molecule has 0 aliphatic heterocycles. The van der Waals surface area contributed by atoms with Gasteiger partial charge in [-0.05, 0) is 49.4 Å². The molecule has 5 nitrogen and oxygen atoms in total. The number of hydrogen-bond acceptors (Lipinski definition) is 3. The number of benzene rings is 2. The van der Waals surface area contributed by atoms with E-state index in [0.29, 0.717) is 18.6 Å². The third-order valence-corrected chi connectivity index (χ3v) is 5.36. The first-order valence-electron chi connectivity index (χ1n) is 10.4. The Kier molecular flexibility index (Phi) is 7.56. The topological polar surface area (TPSA) is 70.6 Å². The van der Waals surface area contributed by atoms with E-state index in [1.54, 1.807) is 0 Å². The third-order valence-electron chi connectivity index (χ3n) is 5.36. The Morgan fingerprint density at radius 3 is 2.52 bits per heavy atom. The molecule has 1 fully saturated rings. The molecular formula is C24H29N3O2. The molecule has 2 amide bonds. The van der Waals surface area contributed by atoms with Crippen molar-refractivity contribution in [2.75, 3.05) is 5.32 Å². The SMILES string of the molecule is C/C(=N/NC(=O)CCc1ccccc1)c1cccc(NC(=O)C2CCCCC2)c1. The molecular weight excluding hydrogens is 362 g/mol. The maximum Gasteiger partial charge on any atom is 0.240 e. The van der Waals surface area contributed by atoms with E-state index in [1.165, 1.54) is 6.42 Å². The van der Waals surface area contributed by atoms with E-state index in [4.69, 9.17) is 0 Å². The van der Waals surface area contributed by atoms with E-state index in [-0.39, 0.29) is 17.7 Å². The minimum Gasteiger partial charge on any atom is -0.326 e. The summed E-state index contributed by atoms with van der Waals surface area (Å²) >= 11 is 0. The second-order valence-corrected chi connectivity index (χ2v) is 7.62. The number of hydrogen-bond donors (Lipinski definition) is 2. The maximum atomic E-state index is 12.5. The summed E-state index contributed by atoms with van der Waals surface area (Å²) in [7, 11) is 0. The third kappa shape index (κ3) is 6.56. The van der Waals surface area contributed by atoms with Crippen molar-refractivity contribution in [1.29, 1.82) is 0 Å². The van der Waals surface area contributed by atoms with E-state index >= 15 is 0 Å². The van der Waals surface area contributed by atoms with Crippen LogP contribution < -0.4 is 10.7 Å². The van der Waals surface area contributed by atoms with Gasteiger partial charge in [-0.25, -0.2) is 5.43 Å². The summed E-state index contributed by atoms with van der Waals surface area (Å²) in [5.41, 5.74) is 6.09. The van der Waals surface area contributed by atoms with Crippen molar-refractivity contribution in [3.05, 3.63) is 65.7 Å². The Hall–Kier alpha value is -2.95. The number of nitrogens with zero attached hydrogens (tertiary/aromatic N) is 1. The Morgan fingerprint density at radius 2 is 1.76 bits per heavy atom. The summed E-state index contributed by atoms with van der Waals surface area (Å²) in [6.07, 6.45) is 6.51. The average molecular weight is 392 g/mol. The van der Waals surface area contributed by atoms with Crippen molar-refractivity contribution >= 4 is 23.2 Å². The fourth-order valence-corrected chi connectivity index (χ4v) is 3.60. The summed E-state index contributed by atoms with van der Waals surface area (Å²) in [4.78, 5) is 24.5. The number of aryl methyl sites for hydroxylation is 1. The molecule has 0 unspecified atom stereocenters. The van der Waals surface area contributed by atoms with E-state index in [9.17, 15) is 9.59 Å². The van der Waals surface area contributed by atoms with Gasteiger partial charge in [-0.15, -0.1) is 0 Å². The molecule has 1 aliphatic carbocycles. The smallest absolute Gasteiger partial charge is 0.240 e. The van der Waals surface area contributed by atoms with Gasteiger partial charge in [-0.3, -0.25) is 9.59 Å². The Balaban J connectivity index is 1.53. The molecule has 3 rings (SSSR count). The van der Waals surface area contributed by atoms with E-state index < -0.39 is 0 Å². The van der Waals surface area contributed by atoms with Gasteiger partial charge in [0.2, 0.25) is 11.8 Å². The van der Waals surface area contributed by atoms with Crippen LogP contribution in [0.1, 0.15) is 56.6 Å². The molecule has 0 aromatic heterocycles. The van der Waals surface area contributed by atoms with Crippen LogP contribution in [0, 0.1) is 5.92 Å². The summed E-state index contributed by atoms with van der Waals surface area (Å²) in [5.74, 6) is 0.103. The van der Waals surface area contributed by atoms with Crippen LogP contribution in [0.4, 0.5) is 5.69 Å². The number of anilines is 1. The molecule has 0 radical (unpaired) electrons. The highest BCUT2D eigenvalue weighted by Crippen LogP contribution is 2.25. The summed E-state index contributed by atoms with van der Waals surface area (Å²) < 4.78 is 0. The van der Waals surface area contributed by atoms with E-state index in [0.717, 1.165) is 42.5 Å². The van der Waals surface area contributed by atoms with Crippen LogP contribution in [0.3, 0.4) is 0 Å². The first kappa shape index (κ1) is 20.8. The predicted octanol–water partition coefficient (Wildman–Crippen LogP) is 4.68. The van der Waals surface area contributed by atoms with Gasteiger partial charge in [0.1, 0.15) is 0 Å². The molecule has 0 saturated heterocycles. The number of amides is 2. The predicted molar refractivity (Wildman–Crippen MR) is 117 cm³/mol.